The quantitative estimate of drug-likeness (QED) is 0.0708. The van der Waals surface area contributed by atoms with Crippen molar-refractivity contribution in [1.82, 2.24) is 0 Å². The Balaban J connectivity index is 1.62. The summed E-state index contributed by atoms with van der Waals surface area (Å²) in [5, 5.41) is -6.83. The van der Waals surface area contributed by atoms with E-state index in [9.17, 15) is 47.9 Å². The molecule has 0 fully saturated rings. The lowest BCUT2D eigenvalue weighted by Gasteiger charge is -2.36. The monoisotopic (exact) mass is 658 g/mol. The fourth-order valence-electron chi connectivity index (χ4n) is 4.73. The van der Waals surface area contributed by atoms with Crippen molar-refractivity contribution in [1.29, 1.82) is 0 Å². The molecule has 3 rings (SSSR count). The summed E-state index contributed by atoms with van der Waals surface area (Å²) in [4.78, 5) is 0. The highest BCUT2D eigenvalue weighted by atomic mass is 32.2. The molecule has 0 bridgehead atoms. The van der Waals surface area contributed by atoms with E-state index in [-0.39, 0.29) is 12.6 Å². The zero-order valence-corrected chi connectivity index (χ0v) is 24.3. The van der Waals surface area contributed by atoms with Crippen LogP contribution in [-0.4, -0.2) is 37.9 Å². The fraction of sp³-hybridized carbons (Fsp3) is 0.379. The largest absolute Gasteiger partial charge is 0.460 e. The van der Waals surface area contributed by atoms with E-state index in [1.54, 1.807) is 0 Å². The highest BCUT2D eigenvalue weighted by Gasteiger charge is 2.85. The van der Waals surface area contributed by atoms with Crippen molar-refractivity contribution >= 4 is 18.9 Å². The zero-order chi connectivity index (χ0) is 32.0. The van der Waals surface area contributed by atoms with E-state index in [1.807, 2.05) is 91.0 Å². The number of hydrogen-bond acceptors (Lipinski definition) is 3. The van der Waals surface area contributed by atoms with Crippen LogP contribution in [0.2, 0.25) is 0 Å². The van der Waals surface area contributed by atoms with E-state index in [0.29, 0.717) is 25.7 Å². The van der Waals surface area contributed by atoms with Gasteiger partial charge in [-0.1, -0.05) is 110 Å². The number of rotatable bonds is 15. The summed E-state index contributed by atoms with van der Waals surface area (Å²) in [5.41, 5.74) is 2.65. The van der Waals surface area contributed by atoms with Gasteiger partial charge in [-0.15, -0.1) is 0 Å². The number of halogens is 9. The van der Waals surface area contributed by atoms with Gasteiger partial charge in [0, 0.05) is 14.2 Å². The fourth-order valence-corrected chi connectivity index (χ4v) is 6.94. The van der Waals surface area contributed by atoms with Gasteiger partial charge in [0.2, 0.25) is 0 Å². The number of unbranched alkanes of at least 4 members (excludes halogenated alkanes) is 3. The average molecular weight is 659 g/mol. The Hall–Kier alpha value is -2.63. The zero-order valence-electron chi connectivity index (χ0n) is 22.4. The van der Waals surface area contributed by atoms with Crippen molar-refractivity contribution in [2.24, 2.45) is 0 Å². The second kappa shape index (κ2) is 13.6. The van der Waals surface area contributed by atoms with Gasteiger partial charge in [-0.05, 0) is 35.7 Å². The van der Waals surface area contributed by atoms with Crippen LogP contribution in [0.25, 0.3) is 0 Å². The highest BCUT2D eigenvalue weighted by molar-refractivity contribution is 7.90. The standard InChI is InChI=1S/C29H28F9O3PS/c30-26(31,28(34,35)36)27(32,33)29(37,38)43(39,40)41-42-21-13-2-1-12-20-25(22-14-6-3-7-15-22,23-16-8-4-9-17-23)24-18-10-5-11-19-24/h3-11,14-19,42H,1-2,12-13,20-21H2. The van der Waals surface area contributed by atoms with Gasteiger partial charge in [0.25, 0.3) is 0 Å². The number of alkyl halides is 9. The van der Waals surface area contributed by atoms with Crippen molar-refractivity contribution in [2.75, 3.05) is 6.16 Å². The van der Waals surface area contributed by atoms with Crippen LogP contribution >= 0.6 is 8.81 Å². The molecule has 1 atom stereocenters. The van der Waals surface area contributed by atoms with Crippen molar-refractivity contribution in [3.05, 3.63) is 108 Å². The van der Waals surface area contributed by atoms with Crippen LogP contribution in [0.4, 0.5) is 39.5 Å². The third kappa shape index (κ3) is 7.04. The molecule has 1 unspecified atom stereocenters. The summed E-state index contributed by atoms with van der Waals surface area (Å²) in [6.45, 7) is 0. The molecule has 0 amide bonds. The Morgan fingerprint density at radius 2 is 0.953 bits per heavy atom. The summed E-state index contributed by atoms with van der Waals surface area (Å²) >= 11 is 0. The molecule has 3 aromatic rings. The Bertz CT molecular complexity index is 1310. The maximum atomic E-state index is 13.8. The predicted molar refractivity (Wildman–Crippen MR) is 146 cm³/mol. The lowest BCUT2D eigenvalue weighted by molar-refractivity contribution is -0.382. The van der Waals surface area contributed by atoms with Crippen molar-refractivity contribution in [2.45, 2.75) is 60.8 Å². The van der Waals surface area contributed by atoms with Gasteiger partial charge in [-0.25, -0.2) is 3.97 Å². The van der Waals surface area contributed by atoms with E-state index in [4.69, 9.17) is 0 Å². The van der Waals surface area contributed by atoms with E-state index in [0.717, 1.165) is 16.7 Å². The molecule has 0 aliphatic rings. The molecule has 0 radical (unpaired) electrons. The minimum Gasteiger partial charge on any atom is -0.246 e. The molecule has 236 valence electrons. The van der Waals surface area contributed by atoms with E-state index < -0.39 is 47.6 Å². The molecule has 3 aromatic carbocycles. The molecule has 3 nitrogen and oxygen atoms in total. The molecule has 0 spiro atoms. The first kappa shape index (κ1) is 34.9. The van der Waals surface area contributed by atoms with Gasteiger partial charge in [0.05, 0.1) is 0 Å². The molecule has 0 aliphatic heterocycles. The van der Waals surface area contributed by atoms with Crippen LogP contribution in [0.15, 0.2) is 91.0 Å². The Morgan fingerprint density at radius 1 is 0.558 bits per heavy atom. The van der Waals surface area contributed by atoms with Crippen LogP contribution < -0.4 is 0 Å². The van der Waals surface area contributed by atoms with Gasteiger partial charge in [0.1, 0.15) is 0 Å². The van der Waals surface area contributed by atoms with Crippen LogP contribution in [0.3, 0.4) is 0 Å². The Kier molecular flexibility index (Phi) is 11.0. The summed E-state index contributed by atoms with van der Waals surface area (Å²) in [7, 11) is -8.21. The first-order valence-corrected chi connectivity index (χ1v) is 15.6. The molecular formula is C29H28F9O3PS. The summed E-state index contributed by atoms with van der Waals surface area (Å²) < 4.78 is 144. The lowest BCUT2D eigenvalue weighted by Crippen LogP contribution is -2.63. The van der Waals surface area contributed by atoms with E-state index in [1.165, 1.54) is 0 Å². The molecule has 0 heterocycles. The molecular weight excluding hydrogens is 630 g/mol. The molecule has 43 heavy (non-hydrogen) atoms. The normalized spacial score (nSPS) is 14.0. The summed E-state index contributed by atoms with van der Waals surface area (Å²) in [6.07, 6.45) is -4.79. The molecule has 14 heteroatoms. The molecule has 0 aliphatic carbocycles. The van der Waals surface area contributed by atoms with Gasteiger partial charge in [-0.2, -0.15) is 47.9 Å². The second-order valence-electron chi connectivity index (χ2n) is 9.76. The number of benzene rings is 3. The van der Waals surface area contributed by atoms with Gasteiger partial charge < -0.3 is 0 Å². The first-order chi connectivity index (χ1) is 20.0. The van der Waals surface area contributed by atoms with Crippen LogP contribution in [0.1, 0.15) is 48.8 Å². The smallest absolute Gasteiger partial charge is 0.246 e. The van der Waals surface area contributed by atoms with E-state index in [2.05, 4.69) is 3.97 Å². The van der Waals surface area contributed by atoms with Crippen LogP contribution in [0.5, 0.6) is 0 Å². The minimum atomic E-state index is -7.32. The van der Waals surface area contributed by atoms with Crippen LogP contribution in [0, 0.1) is 0 Å². The third-order valence-electron chi connectivity index (χ3n) is 6.98. The Morgan fingerprint density at radius 3 is 1.35 bits per heavy atom. The third-order valence-corrected chi connectivity index (χ3v) is 9.77. The van der Waals surface area contributed by atoms with Crippen LogP contribution in [-0.2, 0) is 19.5 Å². The SMILES string of the molecule is O=S(=O)(OPCCCCCCC(c1ccccc1)(c1ccccc1)c1ccccc1)C(F)(F)C(F)(F)C(F)(F)C(F)(F)F. The van der Waals surface area contributed by atoms with Crippen molar-refractivity contribution in [3.63, 3.8) is 0 Å². The molecule has 0 aromatic heterocycles. The van der Waals surface area contributed by atoms with E-state index >= 15 is 0 Å². The average Bonchev–Trinajstić information content (AvgIpc) is 2.97. The second-order valence-corrected chi connectivity index (χ2v) is 12.6. The maximum absolute atomic E-state index is 13.8. The highest BCUT2D eigenvalue weighted by Crippen LogP contribution is 2.55. The maximum Gasteiger partial charge on any atom is 0.460 e. The molecule has 0 saturated heterocycles. The summed E-state index contributed by atoms with van der Waals surface area (Å²) in [5.74, 6) is -14.6. The van der Waals surface area contributed by atoms with Gasteiger partial charge in [-0.3, -0.25) is 0 Å². The molecule has 0 N–H and O–H groups in total. The minimum absolute atomic E-state index is 0.198. The summed E-state index contributed by atoms with van der Waals surface area (Å²) in [6, 6.07) is 29.5. The van der Waals surface area contributed by atoms with Crippen molar-refractivity contribution < 1.29 is 51.9 Å². The molecule has 0 saturated carbocycles. The number of hydrogen-bond donors (Lipinski definition) is 0. The van der Waals surface area contributed by atoms with Gasteiger partial charge in [0.15, 0.2) is 0 Å². The predicted octanol–water partition coefficient (Wildman–Crippen LogP) is 9.34. The lowest BCUT2D eigenvalue weighted by atomic mass is 9.66. The van der Waals surface area contributed by atoms with Gasteiger partial charge >= 0.3 is 33.4 Å². The first-order valence-electron chi connectivity index (χ1n) is 13.0. The topological polar surface area (TPSA) is 43.4 Å². The van der Waals surface area contributed by atoms with Crippen molar-refractivity contribution in [3.8, 4) is 0 Å². The Labute approximate surface area is 245 Å².